The summed E-state index contributed by atoms with van der Waals surface area (Å²) in [5.74, 6) is 5.52. The first-order valence-corrected chi connectivity index (χ1v) is 11.1. The van der Waals surface area contributed by atoms with Crippen molar-refractivity contribution in [2.75, 3.05) is 0 Å². The molecular formula is C24H38N2O2. The van der Waals surface area contributed by atoms with E-state index >= 15 is 0 Å². The Labute approximate surface area is 170 Å². The molecule has 28 heavy (non-hydrogen) atoms. The van der Waals surface area contributed by atoms with Gasteiger partial charge in [-0.05, 0) is 61.6 Å². The van der Waals surface area contributed by atoms with Crippen LogP contribution in [0.5, 0.6) is 5.75 Å². The first kappa shape index (κ1) is 22.5. The van der Waals surface area contributed by atoms with E-state index in [2.05, 4.69) is 18.1 Å². The number of unbranched alkanes of at least 4 members (excludes halogenated alkanes) is 8. The van der Waals surface area contributed by atoms with Crippen LogP contribution in [-0.2, 0) is 6.42 Å². The number of allylic oxidation sites excluding steroid dienone is 1. The summed E-state index contributed by atoms with van der Waals surface area (Å²) in [7, 11) is 0. The van der Waals surface area contributed by atoms with Gasteiger partial charge in [0.1, 0.15) is 5.75 Å². The maximum Gasteiger partial charge on any atom is 0.268 e. The van der Waals surface area contributed by atoms with Gasteiger partial charge in [0.2, 0.25) is 0 Å². The predicted octanol–water partition coefficient (Wildman–Crippen LogP) is 5.89. The zero-order valence-electron chi connectivity index (χ0n) is 17.3. The number of hydrogen-bond donors (Lipinski definition) is 3. The van der Waals surface area contributed by atoms with E-state index in [0.29, 0.717) is 11.5 Å². The molecule has 0 spiro atoms. The third-order valence-electron chi connectivity index (χ3n) is 6.02. The number of hydrogen-bond acceptors (Lipinski definition) is 3. The molecule has 1 aliphatic rings. The van der Waals surface area contributed by atoms with Gasteiger partial charge in [0.25, 0.3) is 5.91 Å². The standard InChI is InChI=1S/C24H38N2O2/c1-2-3-4-5-6-7-8-9-10-11-16-20-17-21(19-14-12-13-15-19)18-22(23(20)27)24(28)26-25/h2,17-19,27H,1,3-16,25H2,(H,26,28). The molecule has 1 saturated carbocycles. The number of aromatic hydroxyl groups is 1. The monoisotopic (exact) mass is 386 g/mol. The Balaban J connectivity index is 1.83. The van der Waals surface area contributed by atoms with E-state index in [9.17, 15) is 9.90 Å². The maximum atomic E-state index is 12.1. The lowest BCUT2D eigenvalue weighted by Crippen LogP contribution is -2.30. The lowest BCUT2D eigenvalue weighted by Gasteiger charge is -2.16. The number of nitrogens with two attached hydrogens (primary N) is 1. The zero-order valence-corrected chi connectivity index (χ0v) is 17.3. The summed E-state index contributed by atoms with van der Waals surface area (Å²) in [6.07, 6.45) is 18.7. The second-order valence-corrected chi connectivity index (χ2v) is 8.19. The first-order valence-electron chi connectivity index (χ1n) is 11.1. The van der Waals surface area contributed by atoms with E-state index in [-0.39, 0.29) is 5.75 Å². The van der Waals surface area contributed by atoms with Crippen LogP contribution in [-0.4, -0.2) is 11.0 Å². The molecule has 0 unspecified atom stereocenters. The van der Waals surface area contributed by atoms with Crippen LogP contribution in [0.2, 0.25) is 0 Å². The zero-order chi connectivity index (χ0) is 20.2. The average Bonchev–Trinajstić information content (AvgIpc) is 3.24. The molecule has 0 atom stereocenters. The number of carbonyl (C=O) groups is 1. The number of benzene rings is 1. The van der Waals surface area contributed by atoms with Gasteiger partial charge in [-0.15, -0.1) is 6.58 Å². The van der Waals surface area contributed by atoms with Gasteiger partial charge in [-0.2, -0.15) is 0 Å². The SMILES string of the molecule is C=CCCCCCCCCCCc1cc(C2CCCC2)cc(C(=O)NN)c1O. The second-order valence-electron chi connectivity index (χ2n) is 8.19. The topological polar surface area (TPSA) is 75.4 Å². The molecule has 156 valence electrons. The molecule has 0 aromatic heterocycles. The minimum Gasteiger partial charge on any atom is -0.507 e. The van der Waals surface area contributed by atoms with Crippen molar-refractivity contribution < 1.29 is 9.90 Å². The number of carbonyl (C=O) groups excluding carboxylic acids is 1. The predicted molar refractivity (Wildman–Crippen MR) is 116 cm³/mol. The van der Waals surface area contributed by atoms with Crippen LogP contribution < -0.4 is 11.3 Å². The van der Waals surface area contributed by atoms with Gasteiger partial charge in [0.15, 0.2) is 0 Å². The van der Waals surface area contributed by atoms with Crippen molar-refractivity contribution in [1.82, 2.24) is 5.43 Å². The van der Waals surface area contributed by atoms with E-state index in [1.54, 1.807) is 0 Å². The van der Waals surface area contributed by atoms with Crippen LogP contribution in [0.3, 0.4) is 0 Å². The van der Waals surface area contributed by atoms with Crippen LogP contribution in [0.25, 0.3) is 0 Å². The highest BCUT2D eigenvalue weighted by molar-refractivity contribution is 5.97. The van der Waals surface area contributed by atoms with Crippen molar-refractivity contribution >= 4 is 5.91 Å². The second kappa shape index (κ2) is 12.6. The van der Waals surface area contributed by atoms with Crippen LogP contribution >= 0.6 is 0 Å². The molecule has 1 aromatic carbocycles. The molecule has 0 aliphatic heterocycles. The molecule has 4 heteroatoms. The van der Waals surface area contributed by atoms with Gasteiger partial charge in [0, 0.05) is 0 Å². The Morgan fingerprint density at radius 3 is 2.29 bits per heavy atom. The third-order valence-corrected chi connectivity index (χ3v) is 6.02. The summed E-state index contributed by atoms with van der Waals surface area (Å²) in [5, 5.41) is 10.6. The summed E-state index contributed by atoms with van der Waals surface area (Å²) >= 11 is 0. The molecule has 0 heterocycles. The van der Waals surface area contributed by atoms with E-state index in [4.69, 9.17) is 5.84 Å². The number of aryl methyl sites for hydroxylation is 1. The van der Waals surface area contributed by atoms with Crippen molar-refractivity contribution in [3.05, 3.63) is 41.5 Å². The van der Waals surface area contributed by atoms with E-state index in [0.717, 1.165) is 31.2 Å². The fourth-order valence-electron chi connectivity index (χ4n) is 4.32. The van der Waals surface area contributed by atoms with E-state index < -0.39 is 5.91 Å². The van der Waals surface area contributed by atoms with Crippen LogP contribution in [0.4, 0.5) is 0 Å². The first-order chi connectivity index (χ1) is 13.7. The third kappa shape index (κ3) is 6.97. The quantitative estimate of drug-likeness (QED) is 0.130. The minimum atomic E-state index is -0.407. The van der Waals surface area contributed by atoms with Gasteiger partial charge >= 0.3 is 0 Å². The summed E-state index contributed by atoms with van der Waals surface area (Å²) in [6, 6.07) is 3.96. The molecular weight excluding hydrogens is 348 g/mol. The van der Waals surface area contributed by atoms with Crippen molar-refractivity contribution in [2.45, 2.75) is 95.8 Å². The molecule has 1 amide bonds. The van der Waals surface area contributed by atoms with Gasteiger partial charge in [0.05, 0.1) is 5.56 Å². The molecule has 2 rings (SSSR count). The number of phenolic OH excluding ortho intramolecular Hbond substituents is 1. The lowest BCUT2D eigenvalue weighted by molar-refractivity contribution is 0.0950. The van der Waals surface area contributed by atoms with Gasteiger partial charge in [-0.1, -0.05) is 63.5 Å². The lowest BCUT2D eigenvalue weighted by atomic mass is 9.91. The summed E-state index contributed by atoms with van der Waals surface area (Å²) < 4.78 is 0. The Morgan fingerprint density at radius 2 is 1.68 bits per heavy atom. The van der Waals surface area contributed by atoms with Crippen molar-refractivity contribution in [3.63, 3.8) is 0 Å². The molecule has 1 aliphatic carbocycles. The molecule has 4 nitrogen and oxygen atoms in total. The van der Waals surface area contributed by atoms with Crippen molar-refractivity contribution in [3.8, 4) is 5.75 Å². The van der Waals surface area contributed by atoms with Gasteiger partial charge in [-0.3, -0.25) is 10.2 Å². The molecule has 0 radical (unpaired) electrons. The van der Waals surface area contributed by atoms with E-state index in [1.165, 1.54) is 69.8 Å². The number of amides is 1. The number of rotatable bonds is 13. The minimum absolute atomic E-state index is 0.104. The van der Waals surface area contributed by atoms with Crippen molar-refractivity contribution in [2.24, 2.45) is 5.84 Å². The fourth-order valence-corrected chi connectivity index (χ4v) is 4.32. The fraction of sp³-hybridized carbons (Fsp3) is 0.625. The Bertz CT molecular complexity index is 621. The summed E-state index contributed by atoms with van der Waals surface area (Å²) in [6.45, 7) is 3.76. The maximum absolute atomic E-state index is 12.1. The highest BCUT2D eigenvalue weighted by Gasteiger charge is 2.22. The number of phenols is 1. The number of nitrogen functional groups attached to an aromatic ring is 1. The van der Waals surface area contributed by atoms with Gasteiger partial charge < -0.3 is 5.11 Å². The number of hydrazine groups is 1. The highest BCUT2D eigenvalue weighted by Crippen LogP contribution is 2.37. The summed E-state index contributed by atoms with van der Waals surface area (Å²) in [5.41, 5.74) is 4.57. The van der Waals surface area contributed by atoms with Crippen LogP contribution in [0.1, 0.15) is 111 Å². The average molecular weight is 387 g/mol. The Kier molecular flexibility index (Phi) is 10.1. The number of nitrogens with one attached hydrogen (secondary N) is 1. The van der Waals surface area contributed by atoms with Crippen molar-refractivity contribution in [1.29, 1.82) is 0 Å². The molecule has 4 N–H and O–H groups in total. The molecule has 1 fully saturated rings. The smallest absolute Gasteiger partial charge is 0.268 e. The Morgan fingerprint density at radius 1 is 1.07 bits per heavy atom. The highest BCUT2D eigenvalue weighted by atomic mass is 16.3. The molecule has 0 bridgehead atoms. The Hall–Kier alpha value is -1.81. The van der Waals surface area contributed by atoms with Gasteiger partial charge in [-0.25, -0.2) is 5.84 Å². The van der Waals surface area contributed by atoms with E-state index in [1.807, 2.05) is 12.1 Å². The normalized spacial score (nSPS) is 14.3. The molecule has 0 saturated heterocycles. The largest absolute Gasteiger partial charge is 0.507 e. The van der Waals surface area contributed by atoms with Crippen LogP contribution in [0.15, 0.2) is 24.8 Å². The molecule has 1 aromatic rings. The van der Waals surface area contributed by atoms with Crippen LogP contribution in [0, 0.1) is 0 Å². The summed E-state index contributed by atoms with van der Waals surface area (Å²) in [4.78, 5) is 12.1.